The first-order chi connectivity index (χ1) is 10.5. The molecule has 22 heavy (non-hydrogen) atoms. The first-order valence-corrected chi connectivity index (χ1v) is 7.39. The van der Waals surface area contributed by atoms with Gasteiger partial charge in [0.1, 0.15) is 18.2 Å². The molecular formula is C16H17BrFN3O. The fraction of sp³-hybridized carbons (Fsp3) is 0.125. The van der Waals surface area contributed by atoms with E-state index in [0.717, 1.165) is 15.6 Å². The Morgan fingerprint density at radius 2 is 2.14 bits per heavy atom. The van der Waals surface area contributed by atoms with Gasteiger partial charge in [0.25, 0.3) is 0 Å². The average molecular weight is 366 g/mol. The molecule has 116 valence electrons. The van der Waals surface area contributed by atoms with Crippen LogP contribution in [0.25, 0.3) is 0 Å². The predicted molar refractivity (Wildman–Crippen MR) is 89.7 cm³/mol. The Morgan fingerprint density at radius 3 is 2.86 bits per heavy atom. The molecule has 0 spiro atoms. The van der Waals surface area contributed by atoms with Crippen LogP contribution >= 0.6 is 15.9 Å². The molecule has 0 aliphatic rings. The smallest absolute Gasteiger partial charge is 0.157 e. The lowest BCUT2D eigenvalue weighted by molar-refractivity contribution is 0.304. The molecule has 2 aromatic carbocycles. The van der Waals surface area contributed by atoms with Crippen molar-refractivity contribution in [3.05, 3.63) is 70.2 Å². The van der Waals surface area contributed by atoms with E-state index in [4.69, 9.17) is 10.6 Å². The van der Waals surface area contributed by atoms with Crippen molar-refractivity contribution in [2.75, 3.05) is 5.32 Å². The first-order valence-electron chi connectivity index (χ1n) is 6.60. The number of aryl methyl sites for hydroxylation is 1. The van der Waals surface area contributed by atoms with Gasteiger partial charge in [-0.2, -0.15) is 0 Å². The van der Waals surface area contributed by atoms with E-state index in [1.54, 1.807) is 6.07 Å². The number of para-hydroxylation sites is 1. The maximum Gasteiger partial charge on any atom is 0.157 e. The number of hydrogen-bond acceptors (Lipinski definition) is 4. The average Bonchev–Trinajstić information content (AvgIpc) is 2.49. The third kappa shape index (κ3) is 3.99. The molecule has 0 fully saturated rings. The number of hydrazine groups is 1. The summed E-state index contributed by atoms with van der Waals surface area (Å²) in [6, 6.07) is 10.2. The van der Waals surface area contributed by atoms with Gasteiger partial charge in [0, 0.05) is 0 Å². The minimum atomic E-state index is -0.282. The summed E-state index contributed by atoms with van der Waals surface area (Å²) in [7, 11) is 0. The highest BCUT2D eigenvalue weighted by Gasteiger charge is 2.10. The summed E-state index contributed by atoms with van der Waals surface area (Å²) < 4.78 is 20.0. The lowest BCUT2D eigenvalue weighted by atomic mass is 10.1. The number of benzene rings is 2. The summed E-state index contributed by atoms with van der Waals surface area (Å²) in [6.45, 7) is 5.88. The molecule has 0 aromatic heterocycles. The first kappa shape index (κ1) is 16.3. The van der Waals surface area contributed by atoms with Crippen LogP contribution < -0.4 is 21.3 Å². The van der Waals surface area contributed by atoms with Gasteiger partial charge in [-0.3, -0.25) is 0 Å². The Hall–Kier alpha value is -2.05. The largest absolute Gasteiger partial charge is 0.486 e. The number of nitrogens with two attached hydrogens (primary N) is 1. The highest BCUT2D eigenvalue weighted by atomic mass is 79.9. The number of nitrogens with one attached hydrogen (secondary N) is 2. The number of ether oxygens (including phenoxy) is 1. The van der Waals surface area contributed by atoms with E-state index in [9.17, 15) is 4.39 Å². The Bertz CT molecular complexity index is 691. The zero-order valence-corrected chi connectivity index (χ0v) is 13.7. The fourth-order valence-electron chi connectivity index (χ4n) is 1.90. The molecule has 4 N–H and O–H groups in total. The van der Waals surface area contributed by atoms with E-state index in [1.165, 1.54) is 12.1 Å². The molecule has 6 heteroatoms. The minimum absolute atomic E-state index is 0.253. The number of hydrogen-bond donors (Lipinski definition) is 3. The SMILES string of the molecule is C=C(NN)Nc1cccc(Br)c1OCc1cc(F)ccc1C. The highest BCUT2D eigenvalue weighted by molar-refractivity contribution is 9.10. The number of anilines is 1. The fourth-order valence-corrected chi connectivity index (χ4v) is 2.38. The van der Waals surface area contributed by atoms with Crippen molar-refractivity contribution in [2.24, 2.45) is 5.84 Å². The highest BCUT2D eigenvalue weighted by Crippen LogP contribution is 2.34. The van der Waals surface area contributed by atoms with E-state index in [-0.39, 0.29) is 12.4 Å². The van der Waals surface area contributed by atoms with Gasteiger partial charge < -0.3 is 15.5 Å². The summed E-state index contributed by atoms with van der Waals surface area (Å²) in [6.07, 6.45) is 0. The van der Waals surface area contributed by atoms with Gasteiger partial charge in [0.2, 0.25) is 0 Å². The Labute approximate surface area is 137 Å². The molecule has 0 atom stereocenters. The van der Waals surface area contributed by atoms with Crippen LogP contribution in [0.2, 0.25) is 0 Å². The van der Waals surface area contributed by atoms with Crippen molar-refractivity contribution in [1.82, 2.24) is 5.43 Å². The zero-order valence-electron chi connectivity index (χ0n) is 12.1. The predicted octanol–water partition coefficient (Wildman–Crippen LogP) is 3.82. The lowest BCUT2D eigenvalue weighted by Crippen LogP contribution is -2.25. The molecule has 2 rings (SSSR count). The molecule has 0 unspecified atom stereocenters. The summed E-state index contributed by atoms with van der Waals surface area (Å²) in [4.78, 5) is 0. The molecule has 0 saturated heterocycles. The summed E-state index contributed by atoms with van der Waals surface area (Å²) in [5.74, 6) is 6.06. The van der Waals surface area contributed by atoms with Crippen LogP contribution in [0.15, 0.2) is 53.3 Å². The van der Waals surface area contributed by atoms with Gasteiger partial charge in [-0.25, -0.2) is 10.2 Å². The Kier molecular flexibility index (Phi) is 5.41. The molecule has 0 radical (unpaired) electrons. The second-order valence-electron chi connectivity index (χ2n) is 4.72. The number of halogens is 2. The molecule has 0 heterocycles. The standard InChI is InChI=1S/C16H17BrFN3O/c1-10-6-7-13(18)8-12(10)9-22-16-14(17)4-3-5-15(16)20-11(2)21-19/h3-8,20-21H,2,9,19H2,1H3. The van der Waals surface area contributed by atoms with Crippen molar-refractivity contribution in [3.63, 3.8) is 0 Å². The van der Waals surface area contributed by atoms with Gasteiger partial charge in [-0.05, 0) is 58.2 Å². The monoisotopic (exact) mass is 365 g/mol. The minimum Gasteiger partial charge on any atom is -0.486 e. The quantitative estimate of drug-likeness (QED) is 0.537. The molecule has 0 amide bonds. The van der Waals surface area contributed by atoms with Crippen LogP contribution in [0.1, 0.15) is 11.1 Å². The van der Waals surface area contributed by atoms with Crippen molar-refractivity contribution >= 4 is 21.6 Å². The van der Waals surface area contributed by atoms with E-state index in [0.29, 0.717) is 17.3 Å². The summed E-state index contributed by atoms with van der Waals surface area (Å²) in [5, 5.41) is 3.00. The van der Waals surface area contributed by atoms with Gasteiger partial charge in [-0.1, -0.05) is 18.7 Å². The third-order valence-electron chi connectivity index (χ3n) is 3.11. The van der Waals surface area contributed by atoms with Crippen molar-refractivity contribution in [1.29, 1.82) is 0 Å². The van der Waals surface area contributed by atoms with E-state index >= 15 is 0 Å². The van der Waals surface area contributed by atoms with E-state index in [2.05, 4.69) is 33.3 Å². The number of rotatable bonds is 6. The summed E-state index contributed by atoms with van der Waals surface area (Å²) >= 11 is 3.45. The van der Waals surface area contributed by atoms with Crippen LogP contribution in [0, 0.1) is 12.7 Å². The van der Waals surface area contributed by atoms with Crippen molar-refractivity contribution < 1.29 is 9.13 Å². The zero-order chi connectivity index (χ0) is 16.1. The lowest BCUT2D eigenvalue weighted by Gasteiger charge is -2.16. The van der Waals surface area contributed by atoms with Gasteiger partial charge in [0.05, 0.1) is 10.2 Å². The van der Waals surface area contributed by atoms with Gasteiger partial charge >= 0.3 is 0 Å². The second kappa shape index (κ2) is 7.29. The molecule has 0 saturated carbocycles. The molecule has 0 aliphatic heterocycles. The Balaban J connectivity index is 2.21. The maximum atomic E-state index is 13.3. The van der Waals surface area contributed by atoms with Crippen LogP contribution in [-0.4, -0.2) is 0 Å². The van der Waals surface area contributed by atoms with Crippen LogP contribution in [0.5, 0.6) is 5.75 Å². The molecule has 0 bridgehead atoms. The second-order valence-corrected chi connectivity index (χ2v) is 5.58. The Morgan fingerprint density at radius 1 is 1.36 bits per heavy atom. The van der Waals surface area contributed by atoms with Crippen LogP contribution in [-0.2, 0) is 6.61 Å². The van der Waals surface area contributed by atoms with E-state index in [1.807, 2.05) is 25.1 Å². The van der Waals surface area contributed by atoms with Gasteiger partial charge in [-0.15, -0.1) is 0 Å². The molecule has 4 nitrogen and oxygen atoms in total. The third-order valence-corrected chi connectivity index (χ3v) is 3.73. The van der Waals surface area contributed by atoms with E-state index < -0.39 is 0 Å². The maximum absolute atomic E-state index is 13.3. The topological polar surface area (TPSA) is 59.3 Å². The summed E-state index contributed by atoms with van der Waals surface area (Å²) in [5.41, 5.74) is 4.88. The van der Waals surface area contributed by atoms with Crippen molar-refractivity contribution in [3.8, 4) is 5.75 Å². The molecule has 2 aromatic rings. The van der Waals surface area contributed by atoms with Gasteiger partial charge in [0.15, 0.2) is 5.75 Å². The normalized spacial score (nSPS) is 10.2. The molecule has 0 aliphatic carbocycles. The van der Waals surface area contributed by atoms with Crippen LogP contribution in [0.3, 0.4) is 0 Å². The van der Waals surface area contributed by atoms with Crippen molar-refractivity contribution in [2.45, 2.75) is 13.5 Å². The molecular weight excluding hydrogens is 349 g/mol. The van der Waals surface area contributed by atoms with Crippen LogP contribution in [0.4, 0.5) is 10.1 Å².